The van der Waals surface area contributed by atoms with Crippen LogP contribution in [0.4, 0.5) is 5.82 Å². The fourth-order valence-corrected chi connectivity index (χ4v) is 2.54. The van der Waals surface area contributed by atoms with Crippen LogP contribution in [0.5, 0.6) is 0 Å². The summed E-state index contributed by atoms with van der Waals surface area (Å²) in [6, 6.07) is 3.82. The number of ether oxygens (including phenoxy) is 1. The Morgan fingerprint density at radius 2 is 1.90 bits per heavy atom. The number of pyridine rings is 1. The number of aromatic nitrogens is 1. The van der Waals surface area contributed by atoms with E-state index in [-0.39, 0.29) is 5.91 Å². The molecule has 1 aromatic rings. The monoisotopic (exact) mass is 276 g/mol. The summed E-state index contributed by atoms with van der Waals surface area (Å²) in [6.45, 7) is 6.46. The van der Waals surface area contributed by atoms with E-state index in [2.05, 4.69) is 15.2 Å². The Balaban J connectivity index is 1.67. The number of anilines is 1. The summed E-state index contributed by atoms with van der Waals surface area (Å²) in [7, 11) is 0. The maximum Gasteiger partial charge on any atom is 0.255 e. The van der Waals surface area contributed by atoms with Gasteiger partial charge in [-0.15, -0.1) is 0 Å². The van der Waals surface area contributed by atoms with E-state index in [1.54, 1.807) is 6.20 Å². The molecule has 6 nitrogen and oxygen atoms in total. The van der Waals surface area contributed by atoms with Crippen molar-refractivity contribution in [1.29, 1.82) is 0 Å². The van der Waals surface area contributed by atoms with Gasteiger partial charge in [-0.2, -0.15) is 0 Å². The fourth-order valence-electron chi connectivity index (χ4n) is 2.54. The molecule has 2 fully saturated rings. The highest BCUT2D eigenvalue weighted by Gasteiger charge is 2.19. The number of hydrogen-bond donors (Lipinski definition) is 1. The van der Waals surface area contributed by atoms with E-state index in [4.69, 9.17) is 4.74 Å². The summed E-state index contributed by atoms with van der Waals surface area (Å²) in [5.74, 6) is 0.998. The second-order valence-corrected chi connectivity index (χ2v) is 5.05. The van der Waals surface area contributed by atoms with Crippen molar-refractivity contribution in [1.82, 2.24) is 15.2 Å². The number of nitrogens with one attached hydrogen (secondary N) is 1. The maximum atomic E-state index is 12.3. The molecule has 108 valence electrons. The minimum Gasteiger partial charge on any atom is -0.378 e. The molecule has 3 rings (SSSR count). The zero-order chi connectivity index (χ0) is 13.8. The first-order valence-corrected chi connectivity index (χ1v) is 7.13. The number of morpholine rings is 1. The van der Waals surface area contributed by atoms with E-state index in [0.717, 1.165) is 32.0 Å². The quantitative estimate of drug-likeness (QED) is 0.821. The zero-order valence-electron chi connectivity index (χ0n) is 11.5. The van der Waals surface area contributed by atoms with Crippen LogP contribution < -0.4 is 10.2 Å². The molecule has 1 amide bonds. The van der Waals surface area contributed by atoms with Gasteiger partial charge in [0.15, 0.2) is 0 Å². The fraction of sp³-hybridized carbons (Fsp3) is 0.571. The molecule has 1 N–H and O–H groups in total. The van der Waals surface area contributed by atoms with Crippen molar-refractivity contribution in [3.63, 3.8) is 0 Å². The van der Waals surface area contributed by atoms with Crippen LogP contribution in [-0.2, 0) is 4.74 Å². The molecule has 0 atom stereocenters. The molecule has 0 unspecified atom stereocenters. The molecule has 0 bridgehead atoms. The number of rotatable bonds is 2. The van der Waals surface area contributed by atoms with Crippen molar-refractivity contribution >= 4 is 11.7 Å². The molecule has 2 aliphatic heterocycles. The molecule has 0 aliphatic carbocycles. The van der Waals surface area contributed by atoms with Gasteiger partial charge in [0, 0.05) is 45.5 Å². The smallest absolute Gasteiger partial charge is 0.255 e. The minimum atomic E-state index is 0.0488. The summed E-state index contributed by atoms with van der Waals surface area (Å²) in [6.07, 6.45) is 1.69. The van der Waals surface area contributed by atoms with Gasteiger partial charge in [0.1, 0.15) is 5.82 Å². The van der Waals surface area contributed by atoms with Gasteiger partial charge in [-0.05, 0) is 12.1 Å². The molecular formula is C14H20N4O2. The maximum absolute atomic E-state index is 12.3. The molecule has 1 aromatic heterocycles. The van der Waals surface area contributed by atoms with E-state index in [1.807, 2.05) is 17.0 Å². The zero-order valence-corrected chi connectivity index (χ0v) is 11.5. The van der Waals surface area contributed by atoms with Gasteiger partial charge in [0.05, 0.1) is 18.8 Å². The number of piperazine rings is 1. The van der Waals surface area contributed by atoms with E-state index < -0.39 is 0 Å². The largest absolute Gasteiger partial charge is 0.378 e. The van der Waals surface area contributed by atoms with Crippen LogP contribution in [0, 0.1) is 0 Å². The number of carbonyl (C=O) groups excluding carboxylic acids is 1. The van der Waals surface area contributed by atoms with Crippen molar-refractivity contribution in [2.45, 2.75) is 0 Å². The molecule has 2 saturated heterocycles. The van der Waals surface area contributed by atoms with Gasteiger partial charge in [-0.1, -0.05) is 0 Å². The molecule has 0 saturated carbocycles. The lowest BCUT2D eigenvalue weighted by Crippen LogP contribution is -2.44. The predicted molar refractivity (Wildman–Crippen MR) is 76.0 cm³/mol. The summed E-state index contributed by atoms with van der Waals surface area (Å²) in [5, 5.41) is 3.32. The Morgan fingerprint density at radius 3 is 2.55 bits per heavy atom. The normalized spacial score (nSPS) is 20.0. The van der Waals surface area contributed by atoms with Crippen LogP contribution in [0.2, 0.25) is 0 Å². The van der Waals surface area contributed by atoms with Crippen molar-refractivity contribution in [3.05, 3.63) is 23.9 Å². The standard InChI is InChI=1S/C14H20N4O2/c19-14(18-7-9-20-10-8-18)12-1-2-13(16-11-12)17-5-3-15-4-6-17/h1-2,11,15H,3-10H2. The highest BCUT2D eigenvalue weighted by Crippen LogP contribution is 2.13. The minimum absolute atomic E-state index is 0.0488. The van der Waals surface area contributed by atoms with Crippen LogP contribution in [0.3, 0.4) is 0 Å². The summed E-state index contributed by atoms with van der Waals surface area (Å²) in [4.78, 5) is 20.8. The van der Waals surface area contributed by atoms with Crippen molar-refractivity contribution in [3.8, 4) is 0 Å². The first-order chi connectivity index (χ1) is 9.84. The number of carbonyl (C=O) groups is 1. The third-order valence-corrected chi connectivity index (χ3v) is 3.73. The third kappa shape index (κ3) is 2.91. The Bertz CT molecular complexity index is 451. The van der Waals surface area contributed by atoms with Crippen molar-refractivity contribution < 1.29 is 9.53 Å². The van der Waals surface area contributed by atoms with Gasteiger partial charge in [-0.3, -0.25) is 4.79 Å². The first-order valence-electron chi connectivity index (χ1n) is 7.13. The molecular weight excluding hydrogens is 256 g/mol. The molecule has 2 aliphatic rings. The lowest BCUT2D eigenvalue weighted by Gasteiger charge is -2.29. The second-order valence-electron chi connectivity index (χ2n) is 5.05. The van der Waals surface area contributed by atoms with Crippen molar-refractivity contribution in [2.24, 2.45) is 0 Å². The van der Waals surface area contributed by atoms with E-state index in [9.17, 15) is 4.79 Å². The Labute approximate surface area is 118 Å². The Kier molecular flexibility index (Phi) is 4.13. The van der Waals surface area contributed by atoms with Gasteiger partial charge >= 0.3 is 0 Å². The topological polar surface area (TPSA) is 57.7 Å². The summed E-state index contributed by atoms with van der Waals surface area (Å²) in [5.41, 5.74) is 0.658. The molecule has 0 spiro atoms. The molecule has 20 heavy (non-hydrogen) atoms. The molecule has 6 heteroatoms. The first kappa shape index (κ1) is 13.3. The highest BCUT2D eigenvalue weighted by molar-refractivity contribution is 5.94. The molecule has 0 radical (unpaired) electrons. The lowest BCUT2D eigenvalue weighted by molar-refractivity contribution is 0.0302. The van der Waals surface area contributed by atoms with E-state index >= 15 is 0 Å². The lowest BCUT2D eigenvalue weighted by atomic mass is 10.2. The third-order valence-electron chi connectivity index (χ3n) is 3.73. The van der Waals surface area contributed by atoms with E-state index in [1.165, 1.54) is 0 Å². The summed E-state index contributed by atoms with van der Waals surface area (Å²) >= 11 is 0. The Morgan fingerprint density at radius 1 is 1.15 bits per heavy atom. The SMILES string of the molecule is O=C(c1ccc(N2CCNCC2)nc1)N1CCOCC1. The van der Waals surface area contributed by atoms with Crippen LogP contribution in [0.25, 0.3) is 0 Å². The average molecular weight is 276 g/mol. The van der Waals surface area contributed by atoms with Gasteiger partial charge in [0.25, 0.3) is 5.91 Å². The number of nitrogens with zero attached hydrogens (tertiary/aromatic N) is 3. The Hall–Kier alpha value is -1.66. The number of amides is 1. The van der Waals surface area contributed by atoms with Crippen LogP contribution in [0.1, 0.15) is 10.4 Å². The molecule has 0 aromatic carbocycles. The van der Waals surface area contributed by atoms with Crippen LogP contribution in [-0.4, -0.2) is 68.3 Å². The van der Waals surface area contributed by atoms with Crippen LogP contribution >= 0.6 is 0 Å². The summed E-state index contributed by atoms with van der Waals surface area (Å²) < 4.78 is 5.26. The highest BCUT2D eigenvalue weighted by atomic mass is 16.5. The van der Waals surface area contributed by atoms with Gasteiger partial charge < -0.3 is 19.9 Å². The van der Waals surface area contributed by atoms with E-state index in [0.29, 0.717) is 31.9 Å². The molecule has 3 heterocycles. The van der Waals surface area contributed by atoms with Gasteiger partial charge in [-0.25, -0.2) is 4.98 Å². The van der Waals surface area contributed by atoms with Gasteiger partial charge in [0.2, 0.25) is 0 Å². The van der Waals surface area contributed by atoms with Crippen LogP contribution in [0.15, 0.2) is 18.3 Å². The average Bonchev–Trinajstić information content (AvgIpc) is 2.56. The number of hydrogen-bond acceptors (Lipinski definition) is 5. The van der Waals surface area contributed by atoms with Crippen molar-refractivity contribution in [2.75, 3.05) is 57.4 Å². The second kappa shape index (κ2) is 6.19. The predicted octanol–water partition coefficient (Wildman–Crippen LogP) is -0.0364.